The van der Waals surface area contributed by atoms with Crippen LogP contribution in [0.15, 0.2) is 18.3 Å². The molecule has 1 aromatic carbocycles. The minimum absolute atomic E-state index is 0.609. The van der Waals surface area contributed by atoms with Gasteiger partial charge in [-0.15, -0.1) is 0 Å². The fourth-order valence-corrected chi connectivity index (χ4v) is 3.41. The molecule has 0 spiro atoms. The molecule has 0 radical (unpaired) electrons. The van der Waals surface area contributed by atoms with Gasteiger partial charge in [0.25, 0.3) is 0 Å². The van der Waals surface area contributed by atoms with Gasteiger partial charge in [-0.3, -0.25) is 0 Å². The molecule has 2 aromatic rings. The van der Waals surface area contributed by atoms with Crippen LogP contribution in [0, 0.1) is 0 Å². The maximum absolute atomic E-state index is 5.82. The van der Waals surface area contributed by atoms with Crippen LogP contribution in [0.2, 0.25) is 0 Å². The Bertz CT molecular complexity index is 615. The molecule has 0 bridgehead atoms. The molecular formula is C18H26N2O. The Labute approximate surface area is 127 Å². The SMILES string of the molecule is CCN(CCc1c[nH]c2ccc3c(c12)CCCO3)C(C)C. The molecule has 0 saturated carbocycles. The average molecular weight is 286 g/mol. The molecule has 1 aliphatic heterocycles. The molecule has 0 fully saturated rings. The number of aromatic amines is 1. The first-order chi connectivity index (χ1) is 10.2. The zero-order chi connectivity index (χ0) is 14.8. The molecule has 3 nitrogen and oxygen atoms in total. The van der Waals surface area contributed by atoms with Crippen molar-refractivity contribution in [1.82, 2.24) is 9.88 Å². The number of aromatic nitrogens is 1. The van der Waals surface area contributed by atoms with Gasteiger partial charge in [0.1, 0.15) is 5.75 Å². The third-order valence-electron chi connectivity index (χ3n) is 4.63. The van der Waals surface area contributed by atoms with Crippen molar-refractivity contribution in [3.63, 3.8) is 0 Å². The first kappa shape index (κ1) is 14.5. The summed E-state index contributed by atoms with van der Waals surface area (Å²) in [7, 11) is 0. The summed E-state index contributed by atoms with van der Waals surface area (Å²) in [6.07, 6.45) is 5.55. The van der Waals surface area contributed by atoms with Crippen molar-refractivity contribution in [3.05, 3.63) is 29.5 Å². The number of hydrogen-bond acceptors (Lipinski definition) is 2. The molecule has 0 aliphatic carbocycles. The van der Waals surface area contributed by atoms with Gasteiger partial charge in [-0.05, 0) is 57.4 Å². The summed E-state index contributed by atoms with van der Waals surface area (Å²) in [5, 5.41) is 1.41. The van der Waals surface area contributed by atoms with Crippen LogP contribution in [0.5, 0.6) is 5.75 Å². The molecule has 0 atom stereocenters. The van der Waals surface area contributed by atoms with Gasteiger partial charge in [-0.25, -0.2) is 0 Å². The third kappa shape index (κ3) is 2.80. The van der Waals surface area contributed by atoms with Gasteiger partial charge < -0.3 is 14.6 Å². The Kier molecular flexibility index (Phi) is 4.20. The highest BCUT2D eigenvalue weighted by atomic mass is 16.5. The van der Waals surface area contributed by atoms with Gasteiger partial charge in [0.05, 0.1) is 6.61 Å². The zero-order valence-electron chi connectivity index (χ0n) is 13.4. The molecule has 21 heavy (non-hydrogen) atoms. The van der Waals surface area contributed by atoms with E-state index < -0.39 is 0 Å². The summed E-state index contributed by atoms with van der Waals surface area (Å²) in [5.41, 5.74) is 4.09. The average Bonchev–Trinajstić information content (AvgIpc) is 2.91. The highest BCUT2D eigenvalue weighted by molar-refractivity contribution is 5.89. The molecule has 1 aliphatic rings. The summed E-state index contributed by atoms with van der Waals surface area (Å²) in [6, 6.07) is 4.88. The normalized spacial score (nSPS) is 14.7. The number of hydrogen-bond donors (Lipinski definition) is 1. The fraction of sp³-hybridized carbons (Fsp3) is 0.556. The van der Waals surface area contributed by atoms with Crippen LogP contribution >= 0.6 is 0 Å². The zero-order valence-corrected chi connectivity index (χ0v) is 13.4. The molecule has 0 saturated heterocycles. The molecule has 3 rings (SSSR count). The van der Waals surface area contributed by atoms with E-state index in [4.69, 9.17) is 4.74 Å². The number of aryl methyl sites for hydroxylation is 1. The van der Waals surface area contributed by atoms with Gasteiger partial charge >= 0.3 is 0 Å². The predicted molar refractivity (Wildman–Crippen MR) is 88.2 cm³/mol. The van der Waals surface area contributed by atoms with Gasteiger partial charge in [0.15, 0.2) is 0 Å². The van der Waals surface area contributed by atoms with E-state index in [1.54, 1.807) is 0 Å². The molecule has 3 heteroatoms. The molecular weight excluding hydrogens is 260 g/mol. The van der Waals surface area contributed by atoms with Gasteiger partial charge in [-0.1, -0.05) is 6.92 Å². The Morgan fingerprint density at radius 1 is 1.33 bits per heavy atom. The van der Waals surface area contributed by atoms with Crippen LogP contribution in [0.25, 0.3) is 10.9 Å². The number of ether oxygens (including phenoxy) is 1. The molecule has 1 aromatic heterocycles. The number of H-pyrrole nitrogens is 1. The lowest BCUT2D eigenvalue weighted by atomic mass is 9.98. The molecule has 2 heterocycles. The van der Waals surface area contributed by atoms with E-state index in [2.05, 4.69) is 49.0 Å². The second-order valence-electron chi connectivity index (χ2n) is 6.20. The number of rotatable bonds is 5. The van der Waals surface area contributed by atoms with Gasteiger partial charge in [-0.2, -0.15) is 0 Å². The minimum atomic E-state index is 0.609. The molecule has 114 valence electrons. The first-order valence-corrected chi connectivity index (χ1v) is 8.19. The van der Waals surface area contributed by atoms with E-state index in [0.29, 0.717) is 6.04 Å². The highest BCUT2D eigenvalue weighted by Crippen LogP contribution is 2.34. The summed E-state index contributed by atoms with van der Waals surface area (Å²) in [6.45, 7) is 9.87. The third-order valence-corrected chi connectivity index (χ3v) is 4.63. The van der Waals surface area contributed by atoms with E-state index in [-0.39, 0.29) is 0 Å². The van der Waals surface area contributed by atoms with Crippen molar-refractivity contribution in [1.29, 1.82) is 0 Å². The van der Waals surface area contributed by atoms with E-state index in [1.807, 2.05) is 0 Å². The summed E-state index contributed by atoms with van der Waals surface area (Å²) >= 11 is 0. The Balaban J connectivity index is 1.89. The van der Waals surface area contributed by atoms with Crippen LogP contribution in [0.3, 0.4) is 0 Å². The maximum atomic E-state index is 5.82. The van der Waals surface area contributed by atoms with E-state index in [0.717, 1.165) is 44.7 Å². The topological polar surface area (TPSA) is 28.3 Å². The summed E-state index contributed by atoms with van der Waals surface area (Å²) in [4.78, 5) is 5.95. The number of benzene rings is 1. The summed E-state index contributed by atoms with van der Waals surface area (Å²) < 4.78 is 5.82. The van der Waals surface area contributed by atoms with Crippen LogP contribution in [-0.2, 0) is 12.8 Å². The molecule has 1 N–H and O–H groups in total. The number of fused-ring (bicyclic) bond motifs is 3. The van der Waals surface area contributed by atoms with E-state index >= 15 is 0 Å². The number of nitrogens with zero attached hydrogens (tertiary/aromatic N) is 1. The second-order valence-corrected chi connectivity index (χ2v) is 6.20. The number of nitrogens with one attached hydrogen (secondary N) is 1. The van der Waals surface area contributed by atoms with Crippen molar-refractivity contribution in [2.75, 3.05) is 19.7 Å². The number of likely N-dealkylation sites (N-methyl/N-ethyl adjacent to an activating group) is 1. The second kappa shape index (κ2) is 6.10. The Morgan fingerprint density at radius 3 is 2.95 bits per heavy atom. The molecule has 0 amide bonds. The van der Waals surface area contributed by atoms with Crippen LogP contribution < -0.4 is 4.74 Å². The first-order valence-electron chi connectivity index (χ1n) is 8.19. The van der Waals surface area contributed by atoms with Crippen molar-refractivity contribution in [2.24, 2.45) is 0 Å². The standard InChI is InChI=1S/C18H26N2O/c1-4-20(13(2)3)10-9-14-12-19-16-7-8-17-15(18(14)16)6-5-11-21-17/h7-8,12-13,19H,4-6,9-11H2,1-3H3. The minimum Gasteiger partial charge on any atom is -0.493 e. The van der Waals surface area contributed by atoms with Gasteiger partial charge in [0, 0.05) is 35.2 Å². The predicted octanol–water partition coefficient (Wildman–Crippen LogP) is 3.77. The van der Waals surface area contributed by atoms with Crippen molar-refractivity contribution < 1.29 is 4.74 Å². The van der Waals surface area contributed by atoms with Crippen LogP contribution in [0.4, 0.5) is 0 Å². The van der Waals surface area contributed by atoms with Crippen LogP contribution in [0.1, 0.15) is 38.3 Å². The Morgan fingerprint density at radius 2 is 2.19 bits per heavy atom. The largest absolute Gasteiger partial charge is 0.493 e. The lowest BCUT2D eigenvalue weighted by molar-refractivity contribution is 0.237. The van der Waals surface area contributed by atoms with Crippen molar-refractivity contribution >= 4 is 10.9 Å². The maximum Gasteiger partial charge on any atom is 0.123 e. The molecule has 0 unspecified atom stereocenters. The summed E-state index contributed by atoms with van der Waals surface area (Å²) in [5.74, 6) is 1.09. The van der Waals surface area contributed by atoms with Crippen molar-refractivity contribution in [2.45, 2.75) is 46.1 Å². The lowest BCUT2D eigenvalue weighted by Gasteiger charge is -2.24. The van der Waals surface area contributed by atoms with E-state index in [1.165, 1.54) is 22.0 Å². The Hall–Kier alpha value is -1.48. The van der Waals surface area contributed by atoms with Crippen LogP contribution in [-0.4, -0.2) is 35.6 Å². The van der Waals surface area contributed by atoms with Gasteiger partial charge in [0.2, 0.25) is 0 Å². The van der Waals surface area contributed by atoms with Crippen molar-refractivity contribution in [3.8, 4) is 5.75 Å². The smallest absolute Gasteiger partial charge is 0.123 e. The highest BCUT2D eigenvalue weighted by Gasteiger charge is 2.17. The quantitative estimate of drug-likeness (QED) is 0.906. The monoisotopic (exact) mass is 286 g/mol. The lowest BCUT2D eigenvalue weighted by Crippen LogP contribution is -2.32. The van der Waals surface area contributed by atoms with E-state index in [9.17, 15) is 0 Å². The fourth-order valence-electron chi connectivity index (χ4n) is 3.41.